The van der Waals surface area contributed by atoms with E-state index in [1.165, 1.54) is 0 Å². The topological polar surface area (TPSA) is 72.6 Å². The van der Waals surface area contributed by atoms with Crippen LogP contribution in [0.5, 0.6) is 0 Å². The molecule has 21 heavy (non-hydrogen) atoms. The fourth-order valence-corrected chi connectivity index (χ4v) is 3.26. The van der Waals surface area contributed by atoms with Crippen molar-refractivity contribution in [2.45, 2.75) is 29.6 Å². The van der Waals surface area contributed by atoms with Gasteiger partial charge in [0.15, 0.2) is 6.10 Å². The van der Waals surface area contributed by atoms with Crippen molar-refractivity contribution in [3.05, 3.63) is 30.3 Å². The van der Waals surface area contributed by atoms with E-state index in [1.807, 2.05) is 37.3 Å². The van der Waals surface area contributed by atoms with Crippen molar-refractivity contribution in [2.75, 3.05) is 19.7 Å². The van der Waals surface area contributed by atoms with Crippen molar-refractivity contribution in [1.82, 2.24) is 4.90 Å². The van der Waals surface area contributed by atoms with Crippen LogP contribution in [0.15, 0.2) is 35.2 Å². The van der Waals surface area contributed by atoms with Gasteiger partial charge in [-0.2, -0.15) is 0 Å². The minimum atomic E-state index is -0.693. The Morgan fingerprint density at radius 3 is 2.76 bits per heavy atom. The van der Waals surface area contributed by atoms with Gasteiger partial charge in [-0.1, -0.05) is 25.1 Å². The van der Waals surface area contributed by atoms with E-state index in [-0.39, 0.29) is 17.7 Å². The number of benzene rings is 1. The first-order chi connectivity index (χ1) is 10.1. The zero-order valence-electron chi connectivity index (χ0n) is 12.0. The average Bonchev–Trinajstić information content (AvgIpc) is 2.53. The van der Waals surface area contributed by atoms with Gasteiger partial charge < -0.3 is 15.4 Å². The molecule has 1 aromatic carbocycles. The Hall–Kier alpha value is -1.53. The van der Waals surface area contributed by atoms with Gasteiger partial charge in [-0.15, -0.1) is 11.8 Å². The lowest BCUT2D eigenvalue weighted by atomic mass is 10.2. The molecule has 0 saturated carbocycles. The first kappa shape index (κ1) is 15.9. The highest BCUT2D eigenvalue weighted by Crippen LogP contribution is 2.27. The van der Waals surface area contributed by atoms with Crippen LogP contribution in [0.25, 0.3) is 0 Å². The van der Waals surface area contributed by atoms with Crippen LogP contribution in [0.2, 0.25) is 0 Å². The van der Waals surface area contributed by atoms with Crippen LogP contribution in [0.3, 0.4) is 0 Å². The standard InChI is InChI=1S/C15H20N2O3S/c1-2-13(21-11-6-4-3-5-7-11)15(19)17-8-9-20-12(10-17)14(16)18/h3-7,12-13H,2,8-10H2,1H3,(H2,16,18)/t12-,13+/m0/s1. The van der Waals surface area contributed by atoms with Gasteiger partial charge in [-0.05, 0) is 18.6 Å². The van der Waals surface area contributed by atoms with E-state index < -0.39 is 12.0 Å². The van der Waals surface area contributed by atoms with Gasteiger partial charge >= 0.3 is 0 Å². The summed E-state index contributed by atoms with van der Waals surface area (Å²) >= 11 is 1.55. The Morgan fingerprint density at radius 2 is 2.14 bits per heavy atom. The minimum absolute atomic E-state index is 0.0425. The molecule has 1 aliphatic rings. The molecule has 1 saturated heterocycles. The number of ether oxygens (including phenoxy) is 1. The third-order valence-electron chi connectivity index (χ3n) is 3.36. The van der Waals surface area contributed by atoms with Gasteiger partial charge in [0, 0.05) is 11.4 Å². The van der Waals surface area contributed by atoms with E-state index in [0.29, 0.717) is 13.2 Å². The number of primary amides is 1. The highest BCUT2D eigenvalue weighted by molar-refractivity contribution is 8.00. The number of carbonyl (C=O) groups is 2. The van der Waals surface area contributed by atoms with Gasteiger partial charge in [-0.25, -0.2) is 0 Å². The molecule has 0 aliphatic carbocycles. The van der Waals surface area contributed by atoms with E-state index in [4.69, 9.17) is 10.5 Å². The van der Waals surface area contributed by atoms with Crippen LogP contribution in [-0.4, -0.2) is 47.8 Å². The number of carbonyl (C=O) groups excluding carboxylic acids is 2. The second-order valence-corrected chi connectivity index (χ2v) is 6.15. The van der Waals surface area contributed by atoms with Crippen molar-refractivity contribution in [3.63, 3.8) is 0 Å². The Bertz CT molecular complexity index is 495. The second kappa shape index (κ2) is 7.47. The molecule has 2 rings (SSSR count). The molecule has 0 spiro atoms. The van der Waals surface area contributed by atoms with Crippen molar-refractivity contribution in [2.24, 2.45) is 5.73 Å². The monoisotopic (exact) mass is 308 g/mol. The van der Waals surface area contributed by atoms with Gasteiger partial charge in [0.25, 0.3) is 0 Å². The van der Waals surface area contributed by atoms with Crippen LogP contribution in [-0.2, 0) is 14.3 Å². The number of nitrogens with zero attached hydrogens (tertiary/aromatic N) is 1. The molecular formula is C15H20N2O3S. The summed E-state index contributed by atoms with van der Waals surface area (Å²) in [6.07, 6.45) is 0.0405. The molecule has 6 heteroatoms. The summed E-state index contributed by atoms with van der Waals surface area (Å²) in [5.74, 6) is -0.475. The first-order valence-electron chi connectivity index (χ1n) is 7.03. The summed E-state index contributed by atoms with van der Waals surface area (Å²) in [5, 5.41) is -0.154. The molecular weight excluding hydrogens is 288 g/mol. The maximum absolute atomic E-state index is 12.6. The normalized spacial score (nSPS) is 20.0. The molecule has 2 N–H and O–H groups in total. The molecule has 0 bridgehead atoms. The number of rotatable bonds is 5. The summed E-state index contributed by atoms with van der Waals surface area (Å²) in [5.41, 5.74) is 5.25. The van der Waals surface area contributed by atoms with Crippen molar-refractivity contribution in [1.29, 1.82) is 0 Å². The summed E-state index contributed by atoms with van der Waals surface area (Å²) in [6, 6.07) is 9.85. The Labute approximate surface area is 128 Å². The molecule has 1 fully saturated rings. The zero-order valence-corrected chi connectivity index (χ0v) is 12.8. The summed E-state index contributed by atoms with van der Waals surface area (Å²) in [7, 11) is 0. The maximum atomic E-state index is 12.6. The van der Waals surface area contributed by atoms with Crippen LogP contribution in [0.1, 0.15) is 13.3 Å². The first-order valence-corrected chi connectivity index (χ1v) is 7.91. The SMILES string of the molecule is CC[C@@H](Sc1ccccc1)C(=O)N1CCO[C@H](C(N)=O)C1. The average molecular weight is 308 g/mol. The second-order valence-electron chi connectivity index (χ2n) is 4.87. The van der Waals surface area contributed by atoms with Gasteiger partial charge in [0.1, 0.15) is 0 Å². The van der Waals surface area contributed by atoms with Crippen LogP contribution in [0.4, 0.5) is 0 Å². The lowest BCUT2D eigenvalue weighted by Gasteiger charge is -2.33. The predicted octanol–water partition coefficient (Wildman–Crippen LogP) is 1.27. The molecule has 2 atom stereocenters. The minimum Gasteiger partial charge on any atom is -0.367 e. The van der Waals surface area contributed by atoms with Crippen molar-refractivity contribution in [3.8, 4) is 0 Å². The maximum Gasteiger partial charge on any atom is 0.248 e. The Balaban J connectivity index is 2.00. The lowest BCUT2D eigenvalue weighted by Crippen LogP contribution is -2.52. The van der Waals surface area contributed by atoms with E-state index in [1.54, 1.807) is 16.7 Å². The van der Waals surface area contributed by atoms with Crippen LogP contribution >= 0.6 is 11.8 Å². The predicted molar refractivity (Wildman–Crippen MR) is 81.9 cm³/mol. The van der Waals surface area contributed by atoms with Gasteiger partial charge in [0.05, 0.1) is 18.4 Å². The van der Waals surface area contributed by atoms with E-state index in [9.17, 15) is 9.59 Å². The lowest BCUT2D eigenvalue weighted by molar-refractivity contribution is -0.145. The van der Waals surface area contributed by atoms with Gasteiger partial charge in [0.2, 0.25) is 11.8 Å². The molecule has 1 aromatic rings. The number of thioether (sulfide) groups is 1. The molecule has 1 aliphatic heterocycles. The van der Waals surface area contributed by atoms with Crippen LogP contribution < -0.4 is 5.73 Å². The van der Waals surface area contributed by atoms with Gasteiger partial charge in [-0.3, -0.25) is 9.59 Å². The Morgan fingerprint density at radius 1 is 1.43 bits per heavy atom. The summed E-state index contributed by atoms with van der Waals surface area (Å²) < 4.78 is 5.28. The third-order valence-corrected chi connectivity index (χ3v) is 4.73. The number of hydrogen-bond donors (Lipinski definition) is 1. The highest BCUT2D eigenvalue weighted by atomic mass is 32.2. The molecule has 1 heterocycles. The van der Waals surface area contributed by atoms with Crippen LogP contribution in [0, 0.1) is 0 Å². The van der Waals surface area contributed by atoms with Crippen molar-refractivity contribution < 1.29 is 14.3 Å². The van der Waals surface area contributed by atoms with E-state index in [2.05, 4.69) is 0 Å². The quantitative estimate of drug-likeness (QED) is 0.832. The fourth-order valence-electron chi connectivity index (χ4n) is 2.20. The zero-order chi connectivity index (χ0) is 15.2. The molecule has 0 aromatic heterocycles. The number of amides is 2. The third kappa shape index (κ3) is 4.22. The molecule has 0 radical (unpaired) electrons. The van der Waals surface area contributed by atoms with E-state index in [0.717, 1.165) is 11.3 Å². The largest absolute Gasteiger partial charge is 0.367 e. The Kier molecular flexibility index (Phi) is 5.64. The number of hydrogen-bond acceptors (Lipinski definition) is 4. The molecule has 0 unspecified atom stereocenters. The fraction of sp³-hybridized carbons (Fsp3) is 0.467. The van der Waals surface area contributed by atoms with E-state index >= 15 is 0 Å². The smallest absolute Gasteiger partial charge is 0.248 e. The summed E-state index contributed by atoms with van der Waals surface area (Å²) in [6.45, 7) is 3.10. The van der Waals surface area contributed by atoms with Crippen molar-refractivity contribution >= 4 is 23.6 Å². The molecule has 5 nitrogen and oxygen atoms in total. The number of nitrogens with two attached hydrogens (primary N) is 1. The molecule has 2 amide bonds. The number of morpholine rings is 1. The molecule has 114 valence electrons. The highest BCUT2D eigenvalue weighted by Gasteiger charge is 2.31. The summed E-state index contributed by atoms with van der Waals surface area (Å²) in [4.78, 5) is 26.6.